The molecule has 0 aliphatic carbocycles. The highest BCUT2D eigenvalue weighted by Gasteiger charge is 2.34. The first-order valence-corrected chi connectivity index (χ1v) is 12.9. The van der Waals surface area contributed by atoms with Crippen LogP contribution in [0.4, 0.5) is 5.69 Å². The minimum absolute atomic E-state index is 0.0150. The highest BCUT2D eigenvalue weighted by atomic mass is 32.1. The summed E-state index contributed by atoms with van der Waals surface area (Å²) >= 11 is 1.45. The molecule has 0 spiro atoms. The standard InChI is InChI=1S/C26H36N4O2S/c1-18-9-8-15-26(2,29-18)14-6-3-7-16-30-20-10-4-5-11-21(20)32-22(25(30)31)17-19-12-13-23(33-19)24(27)28/h4-5,10-13,18,22,29H,3,6-9,14-17H2,1-2H3,(H3,27,28)/t18-,22?,26+/m0/s1. The molecular formula is C26H36N4O2S. The van der Waals surface area contributed by atoms with Gasteiger partial charge in [0.05, 0.1) is 10.6 Å². The van der Waals surface area contributed by atoms with Crippen LogP contribution in [0.15, 0.2) is 36.4 Å². The number of piperidine rings is 1. The number of benzene rings is 1. The van der Waals surface area contributed by atoms with Crippen LogP contribution in [0.25, 0.3) is 0 Å². The summed E-state index contributed by atoms with van der Waals surface area (Å²) in [6.07, 6.45) is 8.21. The molecule has 7 heteroatoms. The predicted molar refractivity (Wildman–Crippen MR) is 136 cm³/mol. The second-order valence-corrected chi connectivity index (χ2v) is 10.9. The highest BCUT2D eigenvalue weighted by Crippen LogP contribution is 2.35. The van der Waals surface area contributed by atoms with E-state index in [0.29, 0.717) is 19.0 Å². The number of amidine groups is 1. The molecule has 1 unspecified atom stereocenters. The average molecular weight is 469 g/mol. The fourth-order valence-electron chi connectivity index (χ4n) is 5.15. The Morgan fingerprint density at radius 2 is 2.09 bits per heavy atom. The molecule has 3 atom stereocenters. The molecule has 2 aliphatic rings. The van der Waals surface area contributed by atoms with E-state index in [1.165, 1.54) is 43.4 Å². The van der Waals surface area contributed by atoms with Crippen LogP contribution in [0, 0.1) is 5.41 Å². The largest absolute Gasteiger partial charge is 0.478 e. The first kappa shape index (κ1) is 23.8. The maximum absolute atomic E-state index is 13.4. The van der Waals surface area contributed by atoms with Crippen molar-refractivity contribution in [3.8, 4) is 5.75 Å². The second kappa shape index (κ2) is 10.3. The van der Waals surface area contributed by atoms with E-state index >= 15 is 0 Å². The summed E-state index contributed by atoms with van der Waals surface area (Å²) in [6, 6.07) is 12.2. The number of carbonyl (C=O) groups is 1. The number of carbonyl (C=O) groups excluding carboxylic acids is 1. The molecule has 1 aromatic heterocycles. The van der Waals surface area contributed by atoms with Crippen LogP contribution in [0.5, 0.6) is 5.75 Å². The Bertz CT molecular complexity index is 990. The highest BCUT2D eigenvalue weighted by molar-refractivity contribution is 7.14. The van der Waals surface area contributed by atoms with Crippen LogP contribution in [0.2, 0.25) is 0 Å². The van der Waals surface area contributed by atoms with Gasteiger partial charge in [-0.15, -0.1) is 11.3 Å². The summed E-state index contributed by atoms with van der Waals surface area (Å²) in [7, 11) is 0. The number of nitrogen functional groups attached to an aromatic ring is 1. The van der Waals surface area contributed by atoms with E-state index in [4.69, 9.17) is 15.9 Å². The molecule has 3 heterocycles. The van der Waals surface area contributed by atoms with Crippen molar-refractivity contribution >= 4 is 28.8 Å². The number of nitrogens with two attached hydrogens (primary N) is 1. The summed E-state index contributed by atoms with van der Waals surface area (Å²) in [4.78, 5) is 17.0. The van der Waals surface area contributed by atoms with E-state index in [0.717, 1.165) is 34.0 Å². The third-order valence-electron chi connectivity index (χ3n) is 6.85. The predicted octanol–water partition coefficient (Wildman–Crippen LogP) is 4.85. The van der Waals surface area contributed by atoms with Gasteiger partial charge in [0.25, 0.3) is 5.91 Å². The third kappa shape index (κ3) is 5.76. The number of anilines is 1. The van der Waals surface area contributed by atoms with Crippen molar-refractivity contribution in [1.82, 2.24) is 5.32 Å². The summed E-state index contributed by atoms with van der Waals surface area (Å²) in [6.45, 7) is 5.35. The molecule has 1 fully saturated rings. The van der Waals surface area contributed by atoms with Crippen LogP contribution in [0.3, 0.4) is 0 Å². The van der Waals surface area contributed by atoms with Gasteiger partial charge in [-0.25, -0.2) is 0 Å². The van der Waals surface area contributed by atoms with Crippen LogP contribution >= 0.6 is 11.3 Å². The Hall–Kier alpha value is -2.38. The fraction of sp³-hybridized carbons (Fsp3) is 0.538. The first-order chi connectivity index (χ1) is 15.8. The molecule has 1 aromatic carbocycles. The molecule has 6 nitrogen and oxygen atoms in total. The number of thiophene rings is 1. The number of nitrogens with zero attached hydrogens (tertiary/aromatic N) is 1. The zero-order valence-electron chi connectivity index (χ0n) is 19.7. The zero-order valence-corrected chi connectivity index (χ0v) is 20.5. The SMILES string of the molecule is C[C@H]1CCC[C@@](C)(CCCCCN2C(=O)C(Cc3ccc(C(=N)N)s3)Oc3ccccc32)N1. The van der Waals surface area contributed by atoms with Crippen molar-refractivity contribution in [2.75, 3.05) is 11.4 Å². The lowest BCUT2D eigenvalue weighted by Gasteiger charge is -2.39. The van der Waals surface area contributed by atoms with Crippen LogP contribution in [0.1, 0.15) is 68.5 Å². The van der Waals surface area contributed by atoms with Gasteiger partial charge in [-0.3, -0.25) is 10.2 Å². The Morgan fingerprint density at radius 3 is 2.85 bits per heavy atom. The van der Waals surface area contributed by atoms with Crippen LogP contribution < -0.4 is 20.7 Å². The topological polar surface area (TPSA) is 91.4 Å². The summed E-state index contributed by atoms with van der Waals surface area (Å²) in [5.41, 5.74) is 6.72. The molecule has 4 rings (SSSR count). The average Bonchev–Trinajstić information content (AvgIpc) is 3.24. The van der Waals surface area contributed by atoms with E-state index in [9.17, 15) is 4.79 Å². The van der Waals surface area contributed by atoms with Gasteiger partial charge in [0, 0.05) is 29.4 Å². The number of para-hydroxylation sites is 2. The van der Waals surface area contributed by atoms with Gasteiger partial charge in [0.15, 0.2) is 6.10 Å². The molecular weight excluding hydrogens is 432 g/mol. The van der Waals surface area contributed by atoms with Gasteiger partial charge in [-0.05, 0) is 63.8 Å². The zero-order chi connectivity index (χ0) is 23.4. The number of ether oxygens (including phenoxy) is 1. The summed E-state index contributed by atoms with van der Waals surface area (Å²) in [5.74, 6) is 0.834. The van der Waals surface area contributed by atoms with Crippen molar-refractivity contribution in [3.05, 3.63) is 46.2 Å². The van der Waals surface area contributed by atoms with Gasteiger partial charge in [-0.2, -0.15) is 0 Å². The Kier molecular flexibility index (Phi) is 7.39. The lowest BCUT2D eigenvalue weighted by atomic mass is 9.84. The number of nitrogens with one attached hydrogen (secondary N) is 2. The summed E-state index contributed by atoms with van der Waals surface area (Å²) < 4.78 is 6.10. The van der Waals surface area contributed by atoms with Crippen molar-refractivity contribution in [2.24, 2.45) is 5.73 Å². The van der Waals surface area contributed by atoms with Gasteiger partial charge in [0.1, 0.15) is 11.6 Å². The molecule has 33 heavy (non-hydrogen) atoms. The molecule has 0 bridgehead atoms. The maximum atomic E-state index is 13.4. The van der Waals surface area contributed by atoms with Crippen molar-refractivity contribution in [3.63, 3.8) is 0 Å². The van der Waals surface area contributed by atoms with Crippen molar-refractivity contribution < 1.29 is 9.53 Å². The lowest BCUT2D eigenvalue weighted by molar-refractivity contribution is -0.126. The normalized spacial score (nSPS) is 24.9. The first-order valence-electron chi connectivity index (χ1n) is 12.1. The van der Waals surface area contributed by atoms with Gasteiger partial charge >= 0.3 is 0 Å². The van der Waals surface area contributed by atoms with Crippen molar-refractivity contribution in [2.45, 2.75) is 82.9 Å². The number of hydrogen-bond donors (Lipinski definition) is 3. The molecule has 2 aliphatic heterocycles. The van der Waals surface area contributed by atoms with Gasteiger partial charge < -0.3 is 20.7 Å². The lowest BCUT2D eigenvalue weighted by Crippen LogP contribution is -2.50. The smallest absolute Gasteiger partial charge is 0.268 e. The van der Waals surface area contributed by atoms with Crippen LogP contribution in [-0.2, 0) is 11.2 Å². The number of hydrogen-bond acceptors (Lipinski definition) is 5. The number of unbranched alkanes of at least 4 members (excludes halogenated alkanes) is 2. The Labute approximate surface area is 201 Å². The second-order valence-electron chi connectivity index (χ2n) is 9.76. The monoisotopic (exact) mass is 468 g/mol. The number of amides is 1. The quantitative estimate of drug-likeness (QED) is 0.279. The summed E-state index contributed by atoms with van der Waals surface area (Å²) in [5, 5.41) is 11.4. The fourth-order valence-corrected chi connectivity index (χ4v) is 6.05. The Balaban J connectivity index is 1.35. The van der Waals surface area contributed by atoms with E-state index in [1.54, 1.807) is 0 Å². The van der Waals surface area contributed by atoms with Crippen LogP contribution in [-0.4, -0.2) is 36.0 Å². The molecule has 1 saturated heterocycles. The minimum Gasteiger partial charge on any atom is -0.478 e. The minimum atomic E-state index is -0.551. The number of fused-ring (bicyclic) bond motifs is 1. The molecule has 178 valence electrons. The van der Waals surface area contributed by atoms with E-state index in [2.05, 4.69) is 19.2 Å². The van der Waals surface area contributed by atoms with Gasteiger partial charge in [-0.1, -0.05) is 31.4 Å². The van der Waals surface area contributed by atoms with Crippen molar-refractivity contribution in [1.29, 1.82) is 5.41 Å². The maximum Gasteiger partial charge on any atom is 0.268 e. The Morgan fingerprint density at radius 1 is 1.27 bits per heavy atom. The molecule has 0 saturated carbocycles. The molecule has 1 amide bonds. The number of rotatable bonds is 9. The molecule has 2 aromatic rings. The van der Waals surface area contributed by atoms with E-state index in [1.807, 2.05) is 41.3 Å². The molecule has 4 N–H and O–H groups in total. The van der Waals surface area contributed by atoms with E-state index in [-0.39, 0.29) is 17.3 Å². The third-order valence-corrected chi connectivity index (χ3v) is 7.99. The van der Waals surface area contributed by atoms with E-state index < -0.39 is 6.10 Å². The van der Waals surface area contributed by atoms with Gasteiger partial charge in [0.2, 0.25) is 0 Å². The molecule has 0 radical (unpaired) electrons.